The number of hydrogen-bond acceptors (Lipinski definition) is 3. The van der Waals surface area contributed by atoms with Crippen LogP contribution in [-0.4, -0.2) is 44.9 Å². The predicted molar refractivity (Wildman–Crippen MR) is 62.0 cm³/mol. The molecule has 1 aliphatic carbocycles. The van der Waals surface area contributed by atoms with Crippen molar-refractivity contribution in [3.8, 4) is 0 Å². The smallest absolute Gasteiger partial charge is 0.318 e. The Kier molecular flexibility index (Phi) is 6.22. The molecule has 0 unspecified atom stereocenters. The van der Waals surface area contributed by atoms with Gasteiger partial charge in [-0.3, -0.25) is 0 Å². The van der Waals surface area contributed by atoms with Gasteiger partial charge >= 0.3 is 6.18 Å². The first-order valence-electron chi connectivity index (χ1n) is 6.19. The molecular weight excluding hydrogens is 231 g/mol. The molecule has 1 saturated carbocycles. The molecule has 0 aromatic carbocycles. The molecule has 1 aliphatic rings. The molecule has 3 nitrogen and oxygen atoms in total. The van der Waals surface area contributed by atoms with Crippen molar-refractivity contribution in [1.82, 2.24) is 16.0 Å². The van der Waals surface area contributed by atoms with Gasteiger partial charge in [-0.25, -0.2) is 0 Å². The van der Waals surface area contributed by atoms with E-state index in [1.165, 1.54) is 0 Å². The Bertz CT molecular complexity index is 201. The van der Waals surface area contributed by atoms with Crippen LogP contribution >= 0.6 is 0 Å². The first-order chi connectivity index (χ1) is 8.01. The van der Waals surface area contributed by atoms with Gasteiger partial charge in [0.2, 0.25) is 0 Å². The van der Waals surface area contributed by atoms with Gasteiger partial charge in [-0.05, 0) is 32.7 Å². The molecule has 3 N–H and O–H groups in total. The second-order valence-corrected chi connectivity index (χ2v) is 4.60. The highest BCUT2D eigenvalue weighted by molar-refractivity contribution is 4.81. The largest absolute Gasteiger partial charge is 0.401 e. The van der Waals surface area contributed by atoms with E-state index >= 15 is 0 Å². The molecule has 0 heterocycles. The highest BCUT2D eigenvalue weighted by Gasteiger charge is 2.29. The van der Waals surface area contributed by atoms with Gasteiger partial charge in [-0.1, -0.05) is 0 Å². The monoisotopic (exact) mass is 253 g/mol. The van der Waals surface area contributed by atoms with Gasteiger partial charge in [-0.15, -0.1) is 0 Å². The molecule has 1 fully saturated rings. The molecule has 0 aliphatic heterocycles. The Labute approximate surface area is 101 Å². The minimum Gasteiger partial charge on any atom is -0.318 e. The van der Waals surface area contributed by atoms with Crippen LogP contribution in [0.2, 0.25) is 0 Å². The summed E-state index contributed by atoms with van der Waals surface area (Å²) in [6.07, 6.45) is -0.527. The van der Waals surface area contributed by atoms with Crippen molar-refractivity contribution in [2.45, 2.75) is 43.9 Å². The molecule has 17 heavy (non-hydrogen) atoms. The molecule has 0 radical (unpaired) electrons. The predicted octanol–water partition coefficient (Wildman–Crippen LogP) is 1.26. The SMILES string of the molecule is CNCCNC1CCC(NCC(F)(F)F)CC1. The summed E-state index contributed by atoms with van der Waals surface area (Å²) in [5.74, 6) is 0. The molecular formula is C11H22F3N3. The number of hydrogen-bond donors (Lipinski definition) is 3. The van der Waals surface area contributed by atoms with Crippen LogP contribution in [0.15, 0.2) is 0 Å². The van der Waals surface area contributed by atoms with Crippen molar-refractivity contribution in [2.24, 2.45) is 0 Å². The minimum absolute atomic E-state index is 0.0268. The first kappa shape index (κ1) is 14.7. The zero-order valence-electron chi connectivity index (χ0n) is 10.2. The number of rotatable bonds is 6. The summed E-state index contributed by atoms with van der Waals surface area (Å²) in [6.45, 7) is 0.976. The number of alkyl halides is 3. The quantitative estimate of drug-likeness (QED) is 0.624. The van der Waals surface area contributed by atoms with E-state index < -0.39 is 12.7 Å². The molecule has 0 bridgehead atoms. The molecule has 6 heteroatoms. The standard InChI is InChI=1S/C11H22F3N3/c1-15-6-7-16-9-2-4-10(5-3-9)17-8-11(12,13)14/h9-10,15-17H,2-8H2,1H3. The van der Waals surface area contributed by atoms with Gasteiger partial charge in [-0.2, -0.15) is 13.2 Å². The Hall–Kier alpha value is -0.330. The van der Waals surface area contributed by atoms with E-state index in [1.54, 1.807) is 0 Å². The van der Waals surface area contributed by atoms with Crippen molar-refractivity contribution in [3.05, 3.63) is 0 Å². The summed E-state index contributed by atoms with van der Waals surface area (Å²) in [5, 5.41) is 9.04. The lowest BCUT2D eigenvalue weighted by atomic mass is 9.91. The summed E-state index contributed by atoms with van der Waals surface area (Å²) >= 11 is 0. The average Bonchev–Trinajstić information content (AvgIpc) is 2.27. The van der Waals surface area contributed by atoms with Crippen LogP contribution < -0.4 is 16.0 Å². The van der Waals surface area contributed by atoms with Crippen LogP contribution in [0.1, 0.15) is 25.7 Å². The lowest BCUT2D eigenvalue weighted by Crippen LogP contribution is -2.43. The van der Waals surface area contributed by atoms with E-state index in [9.17, 15) is 13.2 Å². The fraction of sp³-hybridized carbons (Fsp3) is 1.00. The van der Waals surface area contributed by atoms with E-state index in [4.69, 9.17) is 0 Å². The third-order valence-corrected chi connectivity index (χ3v) is 3.13. The first-order valence-corrected chi connectivity index (χ1v) is 6.19. The lowest BCUT2D eigenvalue weighted by Gasteiger charge is -2.30. The number of nitrogens with one attached hydrogen (secondary N) is 3. The van der Waals surface area contributed by atoms with Crippen LogP contribution in [0.25, 0.3) is 0 Å². The van der Waals surface area contributed by atoms with Gasteiger partial charge in [0, 0.05) is 25.2 Å². The zero-order valence-corrected chi connectivity index (χ0v) is 10.2. The normalized spacial score (nSPS) is 26.1. The minimum atomic E-state index is -4.10. The molecule has 0 atom stereocenters. The Morgan fingerprint density at radius 3 is 1.94 bits per heavy atom. The van der Waals surface area contributed by atoms with Crippen LogP contribution in [0.5, 0.6) is 0 Å². The van der Waals surface area contributed by atoms with Crippen molar-refractivity contribution >= 4 is 0 Å². The van der Waals surface area contributed by atoms with Crippen molar-refractivity contribution < 1.29 is 13.2 Å². The molecule has 0 aromatic heterocycles. The highest BCUT2D eigenvalue weighted by Crippen LogP contribution is 2.20. The summed E-state index contributed by atoms with van der Waals surface area (Å²) in [6, 6.07) is 0.492. The van der Waals surface area contributed by atoms with E-state index in [0.717, 1.165) is 38.8 Å². The van der Waals surface area contributed by atoms with Crippen molar-refractivity contribution in [1.29, 1.82) is 0 Å². The second kappa shape index (κ2) is 7.18. The molecule has 0 saturated heterocycles. The van der Waals surface area contributed by atoms with Crippen LogP contribution in [0, 0.1) is 0 Å². The third kappa shape index (κ3) is 6.85. The van der Waals surface area contributed by atoms with E-state index in [1.807, 2.05) is 7.05 Å². The maximum atomic E-state index is 12.0. The molecule has 0 spiro atoms. The molecule has 1 rings (SSSR count). The Morgan fingerprint density at radius 2 is 1.47 bits per heavy atom. The molecule has 102 valence electrons. The number of likely N-dealkylation sites (N-methyl/N-ethyl adjacent to an activating group) is 1. The fourth-order valence-corrected chi connectivity index (χ4v) is 2.16. The van der Waals surface area contributed by atoms with E-state index in [0.29, 0.717) is 6.04 Å². The van der Waals surface area contributed by atoms with Gasteiger partial charge in [0.25, 0.3) is 0 Å². The molecule has 0 amide bonds. The lowest BCUT2D eigenvalue weighted by molar-refractivity contribution is -0.126. The van der Waals surface area contributed by atoms with Crippen molar-refractivity contribution in [2.75, 3.05) is 26.7 Å². The number of halogens is 3. The van der Waals surface area contributed by atoms with Crippen molar-refractivity contribution in [3.63, 3.8) is 0 Å². The Morgan fingerprint density at radius 1 is 0.941 bits per heavy atom. The average molecular weight is 253 g/mol. The maximum absolute atomic E-state index is 12.0. The third-order valence-electron chi connectivity index (χ3n) is 3.13. The second-order valence-electron chi connectivity index (χ2n) is 4.60. The topological polar surface area (TPSA) is 36.1 Å². The highest BCUT2D eigenvalue weighted by atomic mass is 19.4. The van der Waals surface area contributed by atoms with E-state index in [2.05, 4.69) is 16.0 Å². The van der Waals surface area contributed by atoms with Gasteiger partial charge in [0.1, 0.15) is 0 Å². The summed E-state index contributed by atoms with van der Waals surface area (Å²) < 4.78 is 36.0. The van der Waals surface area contributed by atoms with Gasteiger partial charge in [0.05, 0.1) is 6.54 Å². The summed E-state index contributed by atoms with van der Waals surface area (Å²) in [7, 11) is 1.90. The van der Waals surface area contributed by atoms with Crippen LogP contribution in [-0.2, 0) is 0 Å². The zero-order chi connectivity index (χ0) is 12.7. The fourth-order valence-electron chi connectivity index (χ4n) is 2.16. The Balaban J connectivity index is 2.09. The summed E-state index contributed by atoms with van der Waals surface area (Å²) in [4.78, 5) is 0. The molecule has 0 aromatic rings. The van der Waals surface area contributed by atoms with E-state index in [-0.39, 0.29) is 6.04 Å². The summed E-state index contributed by atoms with van der Waals surface area (Å²) in [5.41, 5.74) is 0. The van der Waals surface area contributed by atoms with Crippen LogP contribution in [0.3, 0.4) is 0 Å². The van der Waals surface area contributed by atoms with Crippen LogP contribution in [0.4, 0.5) is 13.2 Å². The maximum Gasteiger partial charge on any atom is 0.401 e. The van der Waals surface area contributed by atoms with Gasteiger partial charge in [0.15, 0.2) is 0 Å². The van der Waals surface area contributed by atoms with Gasteiger partial charge < -0.3 is 16.0 Å².